The Labute approximate surface area is 110 Å². The van der Waals surface area contributed by atoms with Crippen molar-refractivity contribution in [3.63, 3.8) is 0 Å². The highest BCUT2D eigenvalue weighted by Crippen LogP contribution is 2.36. The molecule has 0 saturated carbocycles. The molecule has 0 fully saturated rings. The maximum Gasteiger partial charge on any atom is 0.463 e. The Bertz CT molecular complexity index is 459. The highest BCUT2D eigenvalue weighted by molar-refractivity contribution is 5.96. The number of hydrogen-bond acceptors (Lipinski definition) is 3. The van der Waals surface area contributed by atoms with E-state index in [2.05, 4.69) is 0 Å². The summed E-state index contributed by atoms with van der Waals surface area (Å²) in [6, 6.07) is 4.88. The van der Waals surface area contributed by atoms with Crippen molar-refractivity contribution in [1.82, 2.24) is 0 Å². The zero-order valence-electron chi connectivity index (χ0n) is 10.0. The number of halogens is 5. The van der Waals surface area contributed by atoms with Crippen molar-refractivity contribution in [2.24, 2.45) is 5.73 Å². The lowest BCUT2D eigenvalue weighted by Crippen LogP contribution is -2.47. The molecule has 0 aliphatic rings. The van der Waals surface area contributed by atoms with Gasteiger partial charge in [0.05, 0.1) is 0 Å². The summed E-state index contributed by atoms with van der Waals surface area (Å²) in [5.41, 5.74) is 4.98. The van der Waals surface area contributed by atoms with Crippen LogP contribution in [0.5, 0.6) is 5.75 Å². The molecule has 4 nitrogen and oxygen atoms in total. The minimum atomic E-state index is -5.94. The monoisotopic (exact) mass is 298 g/mol. The lowest BCUT2D eigenvalue weighted by atomic mass is 10.2. The molecule has 0 unspecified atom stereocenters. The number of carbonyl (C=O) groups excluding carboxylic acids is 1. The number of hydrogen-bond donors (Lipinski definition) is 2. The van der Waals surface area contributed by atoms with Crippen molar-refractivity contribution < 1.29 is 31.5 Å². The Hall–Kier alpha value is -1.90. The molecule has 1 aromatic rings. The summed E-state index contributed by atoms with van der Waals surface area (Å²) in [7, 11) is 0. The smallest absolute Gasteiger partial charge is 0.463 e. The van der Waals surface area contributed by atoms with E-state index in [4.69, 9.17) is 10.5 Å². The van der Waals surface area contributed by atoms with Crippen LogP contribution in [-0.4, -0.2) is 31.2 Å². The first kappa shape index (κ1) is 16.2. The van der Waals surface area contributed by atoms with Crippen LogP contribution in [-0.2, 0) is 4.79 Å². The van der Waals surface area contributed by atoms with Crippen LogP contribution in [0.15, 0.2) is 24.3 Å². The molecule has 1 amide bonds. The van der Waals surface area contributed by atoms with E-state index in [0.29, 0.717) is 5.75 Å². The number of nitrogens with two attached hydrogens (primary N) is 1. The number of benzene rings is 1. The van der Waals surface area contributed by atoms with E-state index in [1.165, 1.54) is 17.4 Å². The van der Waals surface area contributed by atoms with Gasteiger partial charge in [0.15, 0.2) is 0 Å². The first-order valence-electron chi connectivity index (χ1n) is 5.37. The van der Waals surface area contributed by atoms with Gasteiger partial charge in [0, 0.05) is 12.2 Å². The second-order valence-electron chi connectivity index (χ2n) is 3.69. The maximum atomic E-state index is 12.7. The van der Waals surface area contributed by atoms with Crippen molar-refractivity contribution in [3.8, 4) is 5.75 Å². The normalized spacial score (nSPS) is 12.1. The zero-order chi connectivity index (χ0) is 15.4. The number of rotatable bonds is 5. The summed E-state index contributed by atoms with van der Waals surface area (Å²) >= 11 is 0. The van der Waals surface area contributed by atoms with E-state index < -0.39 is 18.0 Å². The lowest BCUT2D eigenvalue weighted by molar-refractivity contribution is -0.267. The Morgan fingerprint density at radius 2 is 1.70 bits per heavy atom. The molecule has 0 spiro atoms. The molecule has 1 aromatic carbocycles. The zero-order valence-corrected chi connectivity index (χ0v) is 10.0. The fourth-order valence-electron chi connectivity index (χ4n) is 1.15. The number of anilines is 1. The lowest BCUT2D eigenvalue weighted by Gasteiger charge is -2.18. The minimum Gasteiger partial charge on any atom is -0.492 e. The Balaban J connectivity index is 2.72. The van der Waals surface area contributed by atoms with Gasteiger partial charge < -0.3 is 15.8 Å². The Kier molecular flexibility index (Phi) is 4.88. The second kappa shape index (κ2) is 6.04. The summed E-state index contributed by atoms with van der Waals surface area (Å²) in [6.45, 7) is 0.480. The van der Waals surface area contributed by atoms with Gasteiger partial charge in [-0.3, -0.25) is 4.79 Å². The molecule has 0 saturated heterocycles. The van der Waals surface area contributed by atoms with Crippen LogP contribution >= 0.6 is 0 Å². The number of ether oxygens (including phenoxy) is 1. The van der Waals surface area contributed by atoms with Crippen molar-refractivity contribution in [3.05, 3.63) is 24.3 Å². The van der Waals surface area contributed by atoms with Gasteiger partial charge in [-0.1, -0.05) is 0 Å². The standard InChI is InChI=1S/C11H11F5N2O2/c12-10(13,11(14,15)16)9(19)18-7-1-3-8(4-2-7)20-6-5-17/h1-4H,5-6,17H2,(H,18,19). The first-order chi connectivity index (χ1) is 9.18. The van der Waals surface area contributed by atoms with Gasteiger partial charge in [-0.05, 0) is 24.3 Å². The molecule has 9 heteroatoms. The second-order valence-corrected chi connectivity index (χ2v) is 3.69. The van der Waals surface area contributed by atoms with Gasteiger partial charge >= 0.3 is 18.0 Å². The summed E-state index contributed by atoms with van der Waals surface area (Å²) in [5.74, 6) is -7.56. The van der Waals surface area contributed by atoms with Crippen LogP contribution in [0.4, 0.5) is 27.6 Å². The predicted molar refractivity (Wildman–Crippen MR) is 60.6 cm³/mol. The molecule has 0 aliphatic carbocycles. The largest absolute Gasteiger partial charge is 0.492 e. The average molecular weight is 298 g/mol. The molecule has 0 bridgehead atoms. The summed E-state index contributed by atoms with van der Waals surface area (Å²) < 4.78 is 66.3. The third kappa shape index (κ3) is 3.80. The van der Waals surface area contributed by atoms with Crippen LogP contribution in [0.3, 0.4) is 0 Å². The van der Waals surface area contributed by atoms with Gasteiger partial charge in [0.25, 0.3) is 0 Å². The van der Waals surface area contributed by atoms with Gasteiger partial charge in [-0.25, -0.2) is 0 Å². The molecule has 0 atom stereocenters. The predicted octanol–water partition coefficient (Wildman–Crippen LogP) is 2.16. The molecular formula is C11H11F5N2O2. The van der Waals surface area contributed by atoms with Crippen molar-refractivity contribution in [1.29, 1.82) is 0 Å². The van der Waals surface area contributed by atoms with E-state index in [9.17, 15) is 26.7 Å². The number of amides is 1. The molecule has 0 aliphatic heterocycles. The van der Waals surface area contributed by atoms with Crippen molar-refractivity contribution in [2.75, 3.05) is 18.5 Å². The molecule has 0 radical (unpaired) electrons. The quantitative estimate of drug-likeness (QED) is 0.819. The molecule has 3 N–H and O–H groups in total. The molecule has 1 rings (SSSR count). The molecule has 0 heterocycles. The van der Waals surface area contributed by atoms with E-state index in [-0.39, 0.29) is 18.8 Å². The minimum absolute atomic E-state index is 0.209. The van der Waals surface area contributed by atoms with Crippen LogP contribution in [0.25, 0.3) is 0 Å². The third-order valence-electron chi connectivity index (χ3n) is 2.14. The van der Waals surface area contributed by atoms with E-state index in [1.54, 1.807) is 0 Å². The maximum absolute atomic E-state index is 12.7. The highest BCUT2D eigenvalue weighted by atomic mass is 19.4. The average Bonchev–Trinajstić information content (AvgIpc) is 2.36. The highest BCUT2D eigenvalue weighted by Gasteiger charge is 2.63. The first-order valence-corrected chi connectivity index (χ1v) is 5.37. The van der Waals surface area contributed by atoms with Gasteiger partial charge in [-0.2, -0.15) is 22.0 Å². The van der Waals surface area contributed by atoms with Crippen LogP contribution in [0, 0.1) is 0 Å². The van der Waals surface area contributed by atoms with E-state index in [1.807, 2.05) is 0 Å². The SMILES string of the molecule is NCCOc1ccc(NC(=O)C(F)(F)C(F)(F)F)cc1. The molecular weight excluding hydrogens is 287 g/mol. The van der Waals surface area contributed by atoms with Gasteiger partial charge in [0.1, 0.15) is 12.4 Å². The molecule has 112 valence electrons. The van der Waals surface area contributed by atoms with Crippen molar-refractivity contribution >= 4 is 11.6 Å². The fraction of sp³-hybridized carbons (Fsp3) is 0.364. The Morgan fingerprint density at radius 1 is 1.15 bits per heavy atom. The van der Waals surface area contributed by atoms with Crippen LogP contribution in [0.1, 0.15) is 0 Å². The van der Waals surface area contributed by atoms with Gasteiger partial charge in [0.2, 0.25) is 0 Å². The summed E-state index contributed by atoms with van der Waals surface area (Å²) in [6.07, 6.45) is -5.94. The molecule has 0 aromatic heterocycles. The number of alkyl halides is 5. The molecule has 20 heavy (non-hydrogen) atoms. The van der Waals surface area contributed by atoms with Crippen LogP contribution < -0.4 is 15.8 Å². The fourth-order valence-corrected chi connectivity index (χ4v) is 1.15. The number of nitrogens with one attached hydrogen (secondary N) is 1. The Morgan fingerprint density at radius 3 is 2.15 bits per heavy atom. The topological polar surface area (TPSA) is 64.3 Å². The van der Waals surface area contributed by atoms with Crippen LogP contribution in [0.2, 0.25) is 0 Å². The van der Waals surface area contributed by atoms with E-state index in [0.717, 1.165) is 12.1 Å². The summed E-state index contributed by atoms with van der Waals surface area (Å²) in [4.78, 5) is 10.9. The van der Waals surface area contributed by atoms with Crippen molar-refractivity contribution in [2.45, 2.75) is 12.1 Å². The third-order valence-corrected chi connectivity index (χ3v) is 2.14. The summed E-state index contributed by atoms with van der Waals surface area (Å²) in [5, 5.41) is 1.48. The number of carbonyl (C=O) groups is 1. The van der Waals surface area contributed by atoms with E-state index >= 15 is 0 Å². The van der Waals surface area contributed by atoms with Gasteiger partial charge in [-0.15, -0.1) is 0 Å².